The van der Waals surface area contributed by atoms with Crippen molar-refractivity contribution in [1.82, 2.24) is 0 Å². The number of hydrogen-bond donors (Lipinski definition) is 1. The maximum Gasteiger partial charge on any atom is 0.193 e. The minimum absolute atomic E-state index is 0.0216. The lowest BCUT2D eigenvalue weighted by Gasteiger charge is -1.89. The van der Waals surface area contributed by atoms with Crippen LogP contribution in [0.1, 0.15) is 19.3 Å². The van der Waals surface area contributed by atoms with Crippen molar-refractivity contribution in [3.05, 3.63) is 0 Å². The molecule has 3 heteroatoms. The van der Waals surface area contributed by atoms with Crippen LogP contribution in [0.2, 0.25) is 0 Å². The minimum atomic E-state index is -0.313. The molecule has 0 spiro atoms. The van der Waals surface area contributed by atoms with Gasteiger partial charge >= 0.3 is 0 Å². The third-order valence-corrected chi connectivity index (χ3v) is 1.52. The standard InChI is InChI=1S/C6H8O2S/c7-5(3-6(8)9)4-1-2-4/h4H,1-3H2,(H,8,9). The van der Waals surface area contributed by atoms with Crippen LogP contribution in [0.3, 0.4) is 0 Å². The van der Waals surface area contributed by atoms with E-state index in [1.54, 1.807) is 0 Å². The molecule has 1 saturated carbocycles. The molecule has 0 aromatic carbocycles. The van der Waals surface area contributed by atoms with Gasteiger partial charge in [0, 0.05) is 5.92 Å². The number of thiol groups is 1. The van der Waals surface area contributed by atoms with Gasteiger partial charge in [0.1, 0.15) is 5.78 Å². The number of carbonyl (C=O) groups excluding carboxylic acids is 2. The van der Waals surface area contributed by atoms with Gasteiger partial charge in [0.25, 0.3) is 0 Å². The van der Waals surface area contributed by atoms with E-state index in [9.17, 15) is 9.59 Å². The molecule has 1 aliphatic carbocycles. The van der Waals surface area contributed by atoms with Gasteiger partial charge in [-0.2, -0.15) is 0 Å². The molecule has 1 rings (SSSR count). The summed E-state index contributed by atoms with van der Waals surface area (Å²) in [5, 5.41) is -0.313. The normalized spacial score (nSPS) is 17.4. The molecule has 0 bridgehead atoms. The topological polar surface area (TPSA) is 34.1 Å². The summed E-state index contributed by atoms with van der Waals surface area (Å²) < 4.78 is 0. The number of Topliss-reactive ketones (excluding diaryl/α,β-unsaturated/α-hetero) is 1. The van der Waals surface area contributed by atoms with Gasteiger partial charge in [-0.3, -0.25) is 9.59 Å². The fraction of sp³-hybridized carbons (Fsp3) is 0.667. The van der Waals surface area contributed by atoms with Gasteiger partial charge in [0.2, 0.25) is 0 Å². The van der Waals surface area contributed by atoms with E-state index >= 15 is 0 Å². The van der Waals surface area contributed by atoms with Gasteiger partial charge in [-0.05, 0) is 12.8 Å². The highest BCUT2D eigenvalue weighted by atomic mass is 32.1. The number of rotatable bonds is 3. The van der Waals surface area contributed by atoms with Gasteiger partial charge < -0.3 is 0 Å². The van der Waals surface area contributed by atoms with Crippen molar-refractivity contribution in [2.24, 2.45) is 5.92 Å². The van der Waals surface area contributed by atoms with Crippen LogP contribution in [0.15, 0.2) is 0 Å². The second-order valence-electron chi connectivity index (χ2n) is 2.31. The van der Waals surface area contributed by atoms with E-state index in [2.05, 4.69) is 12.6 Å². The lowest BCUT2D eigenvalue weighted by atomic mass is 10.2. The highest BCUT2D eigenvalue weighted by Crippen LogP contribution is 2.30. The van der Waals surface area contributed by atoms with Crippen LogP contribution in [0.25, 0.3) is 0 Å². The van der Waals surface area contributed by atoms with Crippen molar-refractivity contribution in [2.45, 2.75) is 19.3 Å². The zero-order valence-electron chi connectivity index (χ0n) is 4.96. The number of hydrogen-bond acceptors (Lipinski definition) is 2. The van der Waals surface area contributed by atoms with Crippen molar-refractivity contribution in [3.63, 3.8) is 0 Å². The van der Waals surface area contributed by atoms with Gasteiger partial charge in [0.05, 0.1) is 6.42 Å². The Kier molecular flexibility index (Phi) is 1.90. The van der Waals surface area contributed by atoms with Crippen molar-refractivity contribution in [3.8, 4) is 0 Å². The Hall–Kier alpha value is -0.310. The molecule has 1 aliphatic rings. The average molecular weight is 144 g/mol. The lowest BCUT2D eigenvalue weighted by Crippen LogP contribution is -2.03. The van der Waals surface area contributed by atoms with Crippen LogP contribution in [0.4, 0.5) is 0 Å². The maximum atomic E-state index is 10.7. The molecule has 0 aliphatic heterocycles. The highest BCUT2D eigenvalue weighted by Gasteiger charge is 2.29. The van der Waals surface area contributed by atoms with E-state index in [4.69, 9.17) is 0 Å². The highest BCUT2D eigenvalue weighted by molar-refractivity contribution is 7.96. The summed E-state index contributed by atoms with van der Waals surface area (Å²) in [6.45, 7) is 0. The van der Waals surface area contributed by atoms with Crippen LogP contribution < -0.4 is 0 Å². The smallest absolute Gasteiger partial charge is 0.193 e. The molecular weight excluding hydrogens is 136 g/mol. The molecule has 9 heavy (non-hydrogen) atoms. The molecule has 0 unspecified atom stereocenters. The molecular formula is C6H8O2S. The van der Waals surface area contributed by atoms with Gasteiger partial charge in [-0.1, -0.05) is 0 Å². The van der Waals surface area contributed by atoms with E-state index < -0.39 is 0 Å². The predicted molar refractivity (Wildman–Crippen MR) is 36.3 cm³/mol. The fourth-order valence-electron chi connectivity index (χ4n) is 0.699. The Bertz CT molecular complexity index is 149. The number of ketones is 1. The average Bonchev–Trinajstić information content (AvgIpc) is 2.40. The maximum absolute atomic E-state index is 10.7. The van der Waals surface area contributed by atoms with E-state index in [0.29, 0.717) is 0 Å². The second-order valence-corrected chi connectivity index (χ2v) is 2.81. The molecule has 1 fully saturated rings. The van der Waals surface area contributed by atoms with E-state index in [0.717, 1.165) is 12.8 Å². The SMILES string of the molecule is O=C(S)CC(=O)C1CC1. The van der Waals surface area contributed by atoms with E-state index in [1.165, 1.54) is 0 Å². The second kappa shape index (κ2) is 2.52. The zero-order chi connectivity index (χ0) is 6.85. The molecule has 0 aromatic rings. The van der Waals surface area contributed by atoms with E-state index in [-0.39, 0.29) is 23.2 Å². The first kappa shape index (κ1) is 6.81. The van der Waals surface area contributed by atoms with Crippen LogP contribution in [-0.2, 0) is 9.59 Å². The summed E-state index contributed by atoms with van der Waals surface area (Å²) in [5.74, 6) is 0.260. The van der Waals surface area contributed by atoms with Gasteiger partial charge in [0.15, 0.2) is 5.12 Å². The first-order chi connectivity index (χ1) is 4.20. The molecule has 0 radical (unpaired) electrons. The lowest BCUT2D eigenvalue weighted by molar-refractivity contribution is -0.124. The summed E-state index contributed by atoms with van der Waals surface area (Å²) in [5.41, 5.74) is 0. The molecule has 0 atom stereocenters. The van der Waals surface area contributed by atoms with Crippen molar-refractivity contribution < 1.29 is 9.59 Å². The first-order valence-electron chi connectivity index (χ1n) is 2.94. The Morgan fingerprint density at radius 2 is 2.00 bits per heavy atom. The third-order valence-electron chi connectivity index (χ3n) is 1.36. The van der Waals surface area contributed by atoms with Gasteiger partial charge in [-0.25, -0.2) is 0 Å². The summed E-state index contributed by atoms with van der Waals surface area (Å²) in [4.78, 5) is 21.0. The monoisotopic (exact) mass is 144 g/mol. The van der Waals surface area contributed by atoms with Crippen LogP contribution in [-0.4, -0.2) is 10.9 Å². The summed E-state index contributed by atoms with van der Waals surface area (Å²) >= 11 is 3.50. The summed E-state index contributed by atoms with van der Waals surface area (Å²) in [6.07, 6.45) is 1.97. The fourth-order valence-corrected chi connectivity index (χ4v) is 0.855. The Labute approximate surface area is 59.0 Å². The molecule has 50 valence electrons. The number of carbonyl (C=O) groups is 2. The first-order valence-corrected chi connectivity index (χ1v) is 3.39. The molecule has 0 aromatic heterocycles. The minimum Gasteiger partial charge on any atom is -0.299 e. The molecule has 2 nitrogen and oxygen atoms in total. The molecule has 0 N–H and O–H groups in total. The third kappa shape index (κ3) is 2.18. The summed E-state index contributed by atoms with van der Waals surface area (Å²) in [7, 11) is 0. The molecule has 0 heterocycles. The molecule has 0 amide bonds. The molecule has 0 saturated heterocycles. The Morgan fingerprint density at radius 3 is 2.33 bits per heavy atom. The van der Waals surface area contributed by atoms with Crippen molar-refractivity contribution >= 4 is 23.5 Å². The van der Waals surface area contributed by atoms with Crippen LogP contribution >= 0.6 is 12.6 Å². The zero-order valence-corrected chi connectivity index (χ0v) is 5.86. The predicted octanol–water partition coefficient (Wildman–Crippen LogP) is 0.812. The quantitative estimate of drug-likeness (QED) is 0.470. The van der Waals surface area contributed by atoms with Crippen molar-refractivity contribution in [1.29, 1.82) is 0 Å². The van der Waals surface area contributed by atoms with Crippen molar-refractivity contribution in [2.75, 3.05) is 0 Å². The van der Waals surface area contributed by atoms with Crippen LogP contribution in [0, 0.1) is 5.92 Å². The van der Waals surface area contributed by atoms with E-state index in [1.807, 2.05) is 0 Å². The van der Waals surface area contributed by atoms with Crippen LogP contribution in [0.5, 0.6) is 0 Å². The Balaban J connectivity index is 2.26. The summed E-state index contributed by atoms with van der Waals surface area (Å²) in [6, 6.07) is 0. The van der Waals surface area contributed by atoms with Gasteiger partial charge in [-0.15, -0.1) is 12.6 Å². The Morgan fingerprint density at radius 1 is 1.44 bits per heavy atom. The largest absolute Gasteiger partial charge is 0.299 e.